The van der Waals surface area contributed by atoms with Gasteiger partial charge in [0.1, 0.15) is 0 Å². The minimum atomic E-state index is -2.40. The summed E-state index contributed by atoms with van der Waals surface area (Å²) in [6.07, 6.45) is 4.50. The third-order valence-electron chi connectivity index (χ3n) is 2.67. The monoisotopic (exact) mass is 173 g/mol. The molecule has 0 aliphatic heterocycles. The normalized spacial score (nSPS) is 42.1. The Morgan fingerprint density at radius 1 is 1.50 bits per heavy atom. The standard InChI is InChI=1S/C9H13F2N/c10-9(11)5-7(9)3-6-1-2-8(12)4-6/h3,7-8H,1-2,4-5,12H2/b6-3-. The lowest BCUT2D eigenvalue weighted by atomic mass is 10.2. The highest BCUT2D eigenvalue weighted by molar-refractivity contribution is 5.18. The molecule has 12 heavy (non-hydrogen) atoms. The van der Waals surface area contributed by atoms with Crippen LogP contribution < -0.4 is 5.73 Å². The highest BCUT2D eigenvalue weighted by Crippen LogP contribution is 2.50. The zero-order valence-electron chi connectivity index (χ0n) is 6.89. The van der Waals surface area contributed by atoms with Gasteiger partial charge >= 0.3 is 0 Å². The minimum Gasteiger partial charge on any atom is -0.327 e. The van der Waals surface area contributed by atoms with Crippen LogP contribution in [0.3, 0.4) is 0 Å². The first-order chi connectivity index (χ1) is 5.58. The molecule has 2 aliphatic carbocycles. The summed E-state index contributed by atoms with van der Waals surface area (Å²) in [5.41, 5.74) is 6.80. The van der Waals surface area contributed by atoms with Crippen molar-refractivity contribution in [2.24, 2.45) is 11.7 Å². The maximum Gasteiger partial charge on any atom is 0.255 e. The lowest BCUT2D eigenvalue weighted by molar-refractivity contribution is 0.107. The Balaban J connectivity index is 1.93. The summed E-state index contributed by atoms with van der Waals surface area (Å²) in [6, 6.07) is 0.212. The van der Waals surface area contributed by atoms with Crippen LogP contribution in [0.5, 0.6) is 0 Å². The zero-order valence-corrected chi connectivity index (χ0v) is 6.89. The summed E-state index contributed by atoms with van der Waals surface area (Å²) in [7, 11) is 0. The molecule has 68 valence electrons. The number of hydrogen-bond acceptors (Lipinski definition) is 1. The van der Waals surface area contributed by atoms with E-state index < -0.39 is 11.8 Å². The summed E-state index contributed by atoms with van der Waals surface area (Å²) in [5, 5.41) is 0. The number of hydrogen-bond donors (Lipinski definition) is 1. The maximum atomic E-state index is 12.5. The van der Waals surface area contributed by atoms with Gasteiger partial charge in [-0.25, -0.2) is 8.78 Å². The Morgan fingerprint density at radius 3 is 2.58 bits per heavy atom. The van der Waals surface area contributed by atoms with Crippen LogP contribution in [0.1, 0.15) is 25.7 Å². The van der Waals surface area contributed by atoms with Crippen molar-refractivity contribution in [2.75, 3.05) is 0 Å². The van der Waals surface area contributed by atoms with Crippen molar-refractivity contribution in [3.8, 4) is 0 Å². The van der Waals surface area contributed by atoms with E-state index in [2.05, 4.69) is 0 Å². The molecule has 0 saturated heterocycles. The Bertz CT molecular complexity index is 223. The first-order valence-electron chi connectivity index (χ1n) is 4.41. The van der Waals surface area contributed by atoms with Crippen molar-refractivity contribution in [1.82, 2.24) is 0 Å². The van der Waals surface area contributed by atoms with Crippen molar-refractivity contribution in [3.05, 3.63) is 11.6 Å². The lowest BCUT2D eigenvalue weighted by Crippen LogP contribution is -2.13. The Hall–Kier alpha value is -0.440. The van der Waals surface area contributed by atoms with Gasteiger partial charge in [0, 0.05) is 18.4 Å². The van der Waals surface area contributed by atoms with Gasteiger partial charge in [-0.15, -0.1) is 0 Å². The molecule has 2 atom stereocenters. The number of alkyl halides is 2. The molecule has 1 nitrogen and oxygen atoms in total. The molecule has 0 aromatic carbocycles. The molecule has 0 aromatic heterocycles. The predicted octanol–water partition coefficient (Wildman–Crippen LogP) is 2.08. The van der Waals surface area contributed by atoms with Crippen LogP contribution in [0.4, 0.5) is 8.78 Å². The summed E-state index contributed by atoms with van der Waals surface area (Å²) in [5.74, 6) is -2.88. The van der Waals surface area contributed by atoms with E-state index in [0.29, 0.717) is 0 Å². The fourth-order valence-corrected chi connectivity index (χ4v) is 1.76. The fraction of sp³-hybridized carbons (Fsp3) is 0.778. The molecule has 2 N–H and O–H groups in total. The van der Waals surface area contributed by atoms with E-state index in [9.17, 15) is 8.78 Å². The molecule has 2 unspecified atom stereocenters. The van der Waals surface area contributed by atoms with E-state index >= 15 is 0 Å². The van der Waals surface area contributed by atoms with Gasteiger partial charge in [0.25, 0.3) is 5.92 Å². The van der Waals surface area contributed by atoms with E-state index in [1.54, 1.807) is 6.08 Å². The molecule has 0 radical (unpaired) electrons. The second-order valence-electron chi connectivity index (χ2n) is 3.90. The largest absolute Gasteiger partial charge is 0.327 e. The van der Waals surface area contributed by atoms with Gasteiger partial charge in [-0.05, 0) is 19.3 Å². The second kappa shape index (κ2) is 2.52. The van der Waals surface area contributed by atoms with Crippen LogP contribution in [0.25, 0.3) is 0 Å². The van der Waals surface area contributed by atoms with Crippen LogP contribution in [0.2, 0.25) is 0 Å². The van der Waals surface area contributed by atoms with Crippen LogP contribution in [-0.4, -0.2) is 12.0 Å². The van der Waals surface area contributed by atoms with Crippen molar-refractivity contribution in [2.45, 2.75) is 37.6 Å². The molecule has 2 saturated carbocycles. The Kier molecular flexibility index (Phi) is 1.72. The number of rotatable bonds is 1. The average Bonchev–Trinajstić information content (AvgIpc) is 2.41. The van der Waals surface area contributed by atoms with Gasteiger partial charge in [-0.2, -0.15) is 0 Å². The number of halogens is 2. The molecule has 2 fully saturated rings. The smallest absolute Gasteiger partial charge is 0.255 e. The third kappa shape index (κ3) is 1.51. The number of allylic oxidation sites excluding steroid dienone is 1. The topological polar surface area (TPSA) is 26.0 Å². The number of nitrogens with two attached hydrogens (primary N) is 1. The van der Waals surface area contributed by atoms with Crippen LogP contribution in [0, 0.1) is 5.92 Å². The zero-order chi connectivity index (χ0) is 8.77. The summed E-state index contributed by atoms with van der Waals surface area (Å²) in [4.78, 5) is 0. The average molecular weight is 173 g/mol. The van der Waals surface area contributed by atoms with E-state index in [1.807, 2.05) is 0 Å². The van der Waals surface area contributed by atoms with Gasteiger partial charge in [0.15, 0.2) is 0 Å². The van der Waals surface area contributed by atoms with Gasteiger partial charge in [-0.1, -0.05) is 11.6 Å². The molecule has 2 rings (SSSR count). The van der Waals surface area contributed by atoms with Gasteiger partial charge in [-0.3, -0.25) is 0 Å². The van der Waals surface area contributed by atoms with Crippen LogP contribution >= 0.6 is 0 Å². The lowest BCUT2D eigenvalue weighted by Gasteiger charge is -1.96. The van der Waals surface area contributed by atoms with E-state index in [4.69, 9.17) is 5.73 Å². The van der Waals surface area contributed by atoms with Gasteiger partial charge in [0.2, 0.25) is 0 Å². The van der Waals surface area contributed by atoms with Crippen molar-refractivity contribution in [1.29, 1.82) is 0 Å². The minimum absolute atomic E-state index is 0.0474. The molecule has 0 heterocycles. The Labute approximate surface area is 70.6 Å². The summed E-state index contributed by atoms with van der Waals surface area (Å²) < 4.78 is 24.9. The molecule has 0 bridgehead atoms. The SMILES string of the molecule is NC1CC/C(=C/C2CC2(F)F)C1. The molecule has 2 aliphatic rings. The van der Waals surface area contributed by atoms with E-state index in [0.717, 1.165) is 24.8 Å². The van der Waals surface area contributed by atoms with Crippen LogP contribution in [-0.2, 0) is 0 Å². The van der Waals surface area contributed by atoms with Crippen molar-refractivity contribution in [3.63, 3.8) is 0 Å². The molecule has 0 amide bonds. The molecule has 3 heteroatoms. The van der Waals surface area contributed by atoms with E-state index in [-0.39, 0.29) is 12.5 Å². The molecule has 0 spiro atoms. The quantitative estimate of drug-likeness (QED) is 0.603. The molecular formula is C9H13F2N. The van der Waals surface area contributed by atoms with Gasteiger partial charge in [0.05, 0.1) is 0 Å². The second-order valence-corrected chi connectivity index (χ2v) is 3.90. The summed E-state index contributed by atoms with van der Waals surface area (Å²) >= 11 is 0. The first-order valence-corrected chi connectivity index (χ1v) is 4.41. The fourth-order valence-electron chi connectivity index (χ4n) is 1.76. The van der Waals surface area contributed by atoms with Crippen molar-refractivity contribution >= 4 is 0 Å². The Morgan fingerprint density at radius 2 is 2.17 bits per heavy atom. The van der Waals surface area contributed by atoms with Crippen molar-refractivity contribution < 1.29 is 8.78 Å². The predicted molar refractivity (Wildman–Crippen MR) is 43.0 cm³/mol. The maximum absolute atomic E-state index is 12.5. The van der Waals surface area contributed by atoms with Crippen LogP contribution in [0.15, 0.2) is 11.6 Å². The third-order valence-corrected chi connectivity index (χ3v) is 2.67. The highest BCUT2D eigenvalue weighted by Gasteiger charge is 2.55. The highest BCUT2D eigenvalue weighted by atomic mass is 19.3. The first kappa shape index (κ1) is 8.17. The molecule has 0 aromatic rings. The summed E-state index contributed by atoms with van der Waals surface area (Å²) in [6.45, 7) is 0. The van der Waals surface area contributed by atoms with E-state index in [1.165, 1.54) is 0 Å². The molecular weight excluding hydrogens is 160 g/mol. The van der Waals surface area contributed by atoms with Gasteiger partial charge < -0.3 is 5.73 Å².